The van der Waals surface area contributed by atoms with Crippen molar-refractivity contribution in [3.05, 3.63) is 35.9 Å². The fourth-order valence-electron chi connectivity index (χ4n) is 3.90. The molecule has 0 aromatic heterocycles. The molecule has 1 heterocycles. The topological polar surface area (TPSA) is 21.3 Å². The number of hydrogen-bond donors (Lipinski definition) is 1. The van der Waals surface area contributed by atoms with Gasteiger partial charge in [0.05, 0.1) is 6.61 Å². The smallest absolute Gasteiger partial charge is 0.0510 e. The zero-order chi connectivity index (χ0) is 14.4. The van der Waals surface area contributed by atoms with E-state index in [0.29, 0.717) is 12.0 Å². The third kappa shape index (κ3) is 2.91. The first-order chi connectivity index (χ1) is 9.78. The van der Waals surface area contributed by atoms with Crippen molar-refractivity contribution in [3.63, 3.8) is 0 Å². The molecule has 0 radical (unpaired) electrons. The summed E-state index contributed by atoms with van der Waals surface area (Å²) in [5, 5.41) is 3.79. The maximum absolute atomic E-state index is 5.66. The van der Waals surface area contributed by atoms with Gasteiger partial charge in [0.2, 0.25) is 0 Å². The largest absolute Gasteiger partial charge is 0.381 e. The van der Waals surface area contributed by atoms with Gasteiger partial charge in [-0.2, -0.15) is 0 Å². The molecular weight excluding hydrogens is 246 g/mol. The predicted molar refractivity (Wildman–Crippen MR) is 85.1 cm³/mol. The average Bonchev–Trinajstić information content (AvgIpc) is 3.03. The van der Waals surface area contributed by atoms with Gasteiger partial charge >= 0.3 is 0 Å². The number of ether oxygens (including phenoxy) is 1. The highest BCUT2D eigenvalue weighted by Gasteiger charge is 2.42. The van der Waals surface area contributed by atoms with Gasteiger partial charge in [-0.1, -0.05) is 51.1 Å². The molecule has 2 atom stereocenters. The minimum atomic E-state index is 0.218. The molecule has 1 aliphatic heterocycles. The Bertz CT molecular complexity index is 380. The lowest BCUT2D eigenvalue weighted by Crippen LogP contribution is -2.52. The molecule has 1 aromatic carbocycles. The fourth-order valence-corrected chi connectivity index (χ4v) is 3.90. The van der Waals surface area contributed by atoms with E-state index < -0.39 is 0 Å². The Morgan fingerprint density at radius 1 is 1.20 bits per heavy atom. The van der Waals surface area contributed by atoms with Crippen LogP contribution in [0.3, 0.4) is 0 Å². The van der Waals surface area contributed by atoms with E-state index in [2.05, 4.69) is 56.4 Å². The van der Waals surface area contributed by atoms with Gasteiger partial charge in [0.25, 0.3) is 0 Å². The molecule has 0 aliphatic carbocycles. The maximum atomic E-state index is 5.66. The summed E-state index contributed by atoms with van der Waals surface area (Å²) in [6.45, 7) is 9.73. The molecule has 0 spiro atoms. The minimum Gasteiger partial charge on any atom is -0.381 e. The van der Waals surface area contributed by atoms with Crippen LogP contribution in [0.1, 0.15) is 45.6 Å². The summed E-state index contributed by atoms with van der Waals surface area (Å²) in [4.78, 5) is 0. The van der Waals surface area contributed by atoms with Gasteiger partial charge in [0.15, 0.2) is 0 Å². The van der Waals surface area contributed by atoms with Crippen molar-refractivity contribution in [1.82, 2.24) is 5.32 Å². The molecule has 112 valence electrons. The third-order valence-corrected chi connectivity index (χ3v) is 5.07. The van der Waals surface area contributed by atoms with Crippen LogP contribution in [-0.4, -0.2) is 25.8 Å². The lowest BCUT2D eigenvalue weighted by Gasteiger charge is -2.43. The normalized spacial score (nSPS) is 21.1. The van der Waals surface area contributed by atoms with Crippen LogP contribution in [0.4, 0.5) is 0 Å². The van der Waals surface area contributed by atoms with E-state index in [1.807, 2.05) is 0 Å². The van der Waals surface area contributed by atoms with Crippen molar-refractivity contribution in [2.75, 3.05) is 19.8 Å². The van der Waals surface area contributed by atoms with E-state index >= 15 is 0 Å². The Morgan fingerprint density at radius 2 is 1.90 bits per heavy atom. The van der Waals surface area contributed by atoms with E-state index in [1.54, 1.807) is 0 Å². The van der Waals surface area contributed by atoms with Crippen molar-refractivity contribution in [3.8, 4) is 0 Å². The molecule has 0 saturated carbocycles. The van der Waals surface area contributed by atoms with Crippen molar-refractivity contribution in [1.29, 1.82) is 0 Å². The number of nitrogens with one attached hydrogen (secondary N) is 1. The summed E-state index contributed by atoms with van der Waals surface area (Å²) in [5.74, 6) is 0.634. The lowest BCUT2D eigenvalue weighted by molar-refractivity contribution is 0.149. The summed E-state index contributed by atoms with van der Waals surface area (Å²) in [6, 6.07) is 11.6. The summed E-state index contributed by atoms with van der Waals surface area (Å²) in [6.07, 6.45) is 3.52. The third-order valence-electron chi connectivity index (χ3n) is 5.07. The van der Waals surface area contributed by atoms with E-state index in [4.69, 9.17) is 4.74 Å². The molecule has 1 fully saturated rings. The highest BCUT2D eigenvalue weighted by Crippen LogP contribution is 2.40. The van der Waals surface area contributed by atoms with Crippen LogP contribution in [0.5, 0.6) is 0 Å². The van der Waals surface area contributed by atoms with E-state index in [0.717, 1.165) is 19.8 Å². The van der Waals surface area contributed by atoms with Gasteiger partial charge in [0, 0.05) is 24.0 Å². The molecule has 2 nitrogen and oxygen atoms in total. The van der Waals surface area contributed by atoms with Gasteiger partial charge < -0.3 is 10.1 Å². The summed E-state index contributed by atoms with van der Waals surface area (Å²) >= 11 is 0. The highest BCUT2D eigenvalue weighted by molar-refractivity contribution is 5.28. The summed E-state index contributed by atoms with van der Waals surface area (Å²) < 4.78 is 5.66. The maximum Gasteiger partial charge on any atom is 0.0510 e. The number of hydrogen-bond acceptors (Lipinski definition) is 2. The fraction of sp³-hybridized carbons (Fsp3) is 0.667. The molecule has 1 saturated heterocycles. The Kier molecular flexibility index (Phi) is 5.62. The van der Waals surface area contributed by atoms with Gasteiger partial charge in [0.1, 0.15) is 0 Å². The number of benzene rings is 1. The Labute approximate surface area is 123 Å². The molecule has 1 aliphatic rings. The average molecular weight is 275 g/mol. The van der Waals surface area contributed by atoms with Crippen LogP contribution < -0.4 is 5.32 Å². The molecule has 0 bridgehead atoms. The van der Waals surface area contributed by atoms with Gasteiger partial charge in [-0.15, -0.1) is 0 Å². The van der Waals surface area contributed by atoms with Crippen LogP contribution >= 0.6 is 0 Å². The molecule has 20 heavy (non-hydrogen) atoms. The highest BCUT2D eigenvalue weighted by atomic mass is 16.5. The van der Waals surface area contributed by atoms with E-state index in [9.17, 15) is 0 Å². The van der Waals surface area contributed by atoms with Crippen LogP contribution in [-0.2, 0) is 10.2 Å². The van der Waals surface area contributed by atoms with Crippen LogP contribution in [0.25, 0.3) is 0 Å². The second kappa shape index (κ2) is 7.24. The van der Waals surface area contributed by atoms with Crippen molar-refractivity contribution in [2.24, 2.45) is 5.92 Å². The molecule has 2 rings (SSSR count). The molecule has 2 unspecified atom stereocenters. The summed E-state index contributed by atoms with van der Waals surface area (Å²) in [7, 11) is 0. The van der Waals surface area contributed by atoms with Crippen LogP contribution in [0.15, 0.2) is 30.3 Å². The first-order valence-electron chi connectivity index (χ1n) is 8.15. The molecule has 0 amide bonds. The Hall–Kier alpha value is -0.860. The minimum absolute atomic E-state index is 0.218. The second-order valence-corrected chi connectivity index (χ2v) is 5.89. The van der Waals surface area contributed by atoms with Gasteiger partial charge in [-0.3, -0.25) is 0 Å². The number of rotatable bonds is 7. The molecule has 1 aromatic rings. The zero-order valence-electron chi connectivity index (χ0n) is 13.2. The van der Waals surface area contributed by atoms with Crippen molar-refractivity contribution >= 4 is 0 Å². The van der Waals surface area contributed by atoms with Crippen molar-refractivity contribution < 1.29 is 4.74 Å². The summed E-state index contributed by atoms with van der Waals surface area (Å²) in [5.41, 5.74) is 1.69. The van der Waals surface area contributed by atoms with Crippen LogP contribution in [0.2, 0.25) is 0 Å². The standard InChI is InChI=1S/C18H29NO/c1-4-18(5-2,16-10-8-7-9-11-16)17(19-6-3)15-12-13-20-14-15/h7-11,15,17,19H,4-6,12-14H2,1-3H3. The monoisotopic (exact) mass is 275 g/mol. The van der Waals surface area contributed by atoms with Gasteiger partial charge in [-0.05, 0) is 31.4 Å². The quantitative estimate of drug-likeness (QED) is 0.818. The molecule has 1 N–H and O–H groups in total. The van der Waals surface area contributed by atoms with E-state index in [-0.39, 0.29) is 5.41 Å². The lowest BCUT2D eigenvalue weighted by atomic mass is 9.66. The Balaban J connectivity index is 2.37. The second-order valence-electron chi connectivity index (χ2n) is 5.89. The van der Waals surface area contributed by atoms with Crippen LogP contribution in [0, 0.1) is 5.92 Å². The predicted octanol–water partition coefficient (Wildman–Crippen LogP) is 3.76. The van der Waals surface area contributed by atoms with Crippen molar-refractivity contribution in [2.45, 2.75) is 51.5 Å². The first-order valence-corrected chi connectivity index (χ1v) is 8.15. The van der Waals surface area contributed by atoms with Gasteiger partial charge in [-0.25, -0.2) is 0 Å². The first kappa shape index (κ1) is 15.5. The SMILES string of the molecule is CCNC(C1CCOC1)C(CC)(CC)c1ccccc1. The molecule has 2 heteroatoms. The number of likely N-dealkylation sites (N-methyl/N-ethyl adjacent to an activating group) is 1. The molecular formula is C18H29NO. The zero-order valence-corrected chi connectivity index (χ0v) is 13.2. The van der Waals surface area contributed by atoms with E-state index in [1.165, 1.54) is 24.8 Å². The Morgan fingerprint density at radius 3 is 2.40 bits per heavy atom.